The van der Waals surface area contributed by atoms with Crippen LogP contribution in [-0.2, 0) is 16.0 Å². The van der Waals surface area contributed by atoms with Gasteiger partial charge in [0.05, 0.1) is 7.11 Å². The van der Waals surface area contributed by atoms with E-state index in [1.165, 1.54) is 7.11 Å². The number of halogens is 1. The second-order valence-corrected chi connectivity index (χ2v) is 6.37. The Morgan fingerprint density at radius 1 is 1.18 bits per heavy atom. The molecule has 1 rings (SSSR count). The van der Waals surface area contributed by atoms with Gasteiger partial charge in [0, 0.05) is 45.7 Å². The fraction of sp³-hybridized carbons (Fsp3) is 0.550. The molecule has 0 spiro atoms. The fourth-order valence-electron chi connectivity index (χ4n) is 2.46. The van der Waals surface area contributed by atoms with Gasteiger partial charge in [0.2, 0.25) is 0 Å². The Balaban J connectivity index is 0.00000729. The van der Waals surface area contributed by atoms with E-state index in [-0.39, 0.29) is 35.9 Å². The third-order valence-corrected chi connectivity index (χ3v) is 3.92. The lowest BCUT2D eigenvalue weighted by molar-refractivity contribution is -0.140. The molecule has 0 atom stereocenters. The Morgan fingerprint density at radius 3 is 2.57 bits per heavy atom. The lowest BCUT2D eigenvalue weighted by Gasteiger charge is -2.13. The molecule has 0 aliphatic carbocycles. The van der Waals surface area contributed by atoms with Crippen LogP contribution in [0.15, 0.2) is 29.3 Å². The number of methoxy groups -OCH3 is 1. The molecule has 1 aromatic rings. The first-order valence-corrected chi connectivity index (χ1v) is 9.37. The Kier molecular flexibility index (Phi) is 14.1. The zero-order chi connectivity index (χ0) is 20.1. The lowest BCUT2D eigenvalue weighted by atomic mass is 10.1. The number of hydrogen-bond acceptors (Lipinski definition) is 4. The monoisotopic (exact) mass is 504 g/mol. The molecule has 0 aromatic heterocycles. The quantitative estimate of drug-likeness (QED) is 0.168. The molecule has 0 heterocycles. The van der Waals surface area contributed by atoms with Crippen molar-refractivity contribution >= 4 is 41.8 Å². The first-order chi connectivity index (χ1) is 13.0. The van der Waals surface area contributed by atoms with E-state index in [4.69, 9.17) is 0 Å². The van der Waals surface area contributed by atoms with Crippen LogP contribution in [0.4, 0.5) is 0 Å². The largest absolute Gasteiger partial charge is 0.469 e. The Labute approximate surface area is 185 Å². The number of benzene rings is 1. The maximum Gasteiger partial charge on any atom is 0.305 e. The third-order valence-electron chi connectivity index (χ3n) is 3.92. The van der Waals surface area contributed by atoms with Gasteiger partial charge in [0.15, 0.2) is 5.96 Å². The number of amides is 1. The summed E-state index contributed by atoms with van der Waals surface area (Å²) in [5.74, 6) is 0.585. The van der Waals surface area contributed by atoms with Crippen molar-refractivity contribution in [1.82, 2.24) is 15.5 Å². The summed E-state index contributed by atoms with van der Waals surface area (Å²) in [4.78, 5) is 29.2. The van der Waals surface area contributed by atoms with E-state index < -0.39 is 0 Å². The van der Waals surface area contributed by atoms with Crippen LogP contribution in [0.1, 0.15) is 42.1 Å². The molecule has 1 aromatic carbocycles. The van der Waals surface area contributed by atoms with Crippen LogP contribution >= 0.6 is 24.0 Å². The smallest absolute Gasteiger partial charge is 0.305 e. The van der Waals surface area contributed by atoms with Crippen molar-refractivity contribution in [3.8, 4) is 0 Å². The number of hydrogen-bond donors (Lipinski definition) is 2. The van der Waals surface area contributed by atoms with E-state index in [0.717, 1.165) is 37.3 Å². The Bertz CT molecular complexity index is 636. The topological polar surface area (TPSA) is 83.0 Å². The van der Waals surface area contributed by atoms with Crippen LogP contribution in [0.25, 0.3) is 0 Å². The molecule has 1 amide bonds. The lowest BCUT2D eigenvalue weighted by Crippen LogP contribution is -2.38. The summed E-state index contributed by atoms with van der Waals surface area (Å²) in [5.41, 5.74) is 1.80. The third kappa shape index (κ3) is 10.5. The van der Waals surface area contributed by atoms with Crippen LogP contribution in [0.5, 0.6) is 0 Å². The molecular weight excluding hydrogens is 471 g/mol. The van der Waals surface area contributed by atoms with Crippen molar-refractivity contribution in [2.24, 2.45) is 4.99 Å². The van der Waals surface area contributed by atoms with Gasteiger partial charge in [-0.15, -0.1) is 24.0 Å². The molecule has 2 N–H and O–H groups in total. The molecule has 158 valence electrons. The summed E-state index contributed by atoms with van der Waals surface area (Å²) >= 11 is 0. The normalized spacial score (nSPS) is 10.6. The summed E-state index contributed by atoms with van der Waals surface area (Å²) in [6.07, 6.45) is 2.82. The van der Waals surface area contributed by atoms with Crippen molar-refractivity contribution in [2.45, 2.75) is 32.6 Å². The van der Waals surface area contributed by atoms with Gasteiger partial charge < -0.3 is 20.3 Å². The minimum absolute atomic E-state index is 0. The fourth-order valence-corrected chi connectivity index (χ4v) is 2.46. The molecule has 0 aliphatic rings. The van der Waals surface area contributed by atoms with Gasteiger partial charge in [0.25, 0.3) is 5.91 Å². The van der Waals surface area contributed by atoms with Gasteiger partial charge >= 0.3 is 5.97 Å². The number of rotatable bonds is 10. The number of aliphatic imine (C=N–C) groups is 1. The number of carbonyl (C=O) groups excluding carboxylic acids is 2. The summed E-state index contributed by atoms with van der Waals surface area (Å²) in [5, 5.41) is 6.51. The standard InChI is InChI=1S/C20H32N4O3.HI/c1-5-21-20(22-13-7-6-11-18(25)27-4)23-14-12-16-9-8-10-17(15-16)19(26)24(2)3;/h8-10,15H,5-7,11-14H2,1-4H3,(H2,21,22,23);1H. The Morgan fingerprint density at radius 2 is 1.93 bits per heavy atom. The SMILES string of the molecule is CCNC(=NCCCCC(=O)OC)NCCc1cccc(C(=O)N(C)C)c1.I. The van der Waals surface area contributed by atoms with Gasteiger partial charge in [-0.1, -0.05) is 12.1 Å². The minimum atomic E-state index is -0.181. The summed E-state index contributed by atoms with van der Waals surface area (Å²) in [7, 11) is 4.90. The highest BCUT2D eigenvalue weighted by molar-refractivity contribution is 14.0. The number of esters is 1. The van der Waals surface area contributed by atoms with E-state index in [1.807, 2.05) is 31.2 Å². The highest BCUT2D eigenvalue weighted by Crippen LogP contribution is 2.07. The molecule has 0 saturated carbocycles. The second kappa shape index (κ2) is 15.1. The number of guanidine groups is 1. The molecule has 0 unspecified atom stereocenters. The number of nitrogens with zero attached hydrogens (tertiary/aromatic N) is 2. The average molecular weight is 504 g/mol. The molecule has 0 fully saturated rings. The predicted octanol–water partition coefficient (Wildman–Crippen LogP) is 2.45. The Hall–Kier alpha value is -1.84. The molecule has 0 saturated heterocycles. The summed E-state index contributed by atoms with van der Waals surface area (Å²) < 4.78 is 4.62. The van der Waals surface area contributed by atoms with Crippen LogP contribution in [-0.4, -0.2) is 63.6 Å². The zero-order valence-corrected chi connectivity index (χ0v) is 19.6. The molecule has 28 heavy (non-hydrogen) atoms. The van der Waals surface area contributed by atoms with Crippen molar-refractivity contribution in [1.29, 1.82) is 0 Å². The van der Waals surface area contributed by atoms with E-state index in [2.05, 4.69) is 20.4 Å². The molecule has 7 nitrogen and oxygen atoms in total. The molecule has 8 heteroatoms. The van der Waals surface area contributed by atoms with Gasteiger partial charge in [-0.2, -0.15) is 0 Å². The molecule has 0 aliphatic heterocycles. The highest BCUT2D eigenvalue weighted by atomic mass is 127. The van der Waals surface area contributed by atoms with Crippen molar-refractivity contribution < 1.29 is 14.3 Å². The van der Waals surface area contributed by atoms with Crippen LogP contribution < -0.4 is 10.6 Å². The van der Waals surface area contributed by atoms with Crippen LogP contribution in [0.2, 0.25) is 0 Å². The second-order valence-electron chi connectivity index (χ2n) is 6.37. The maximum atomic E-state index is 12.0. The van der Waals surface area contributed by atoms with Gasteiger partial charge in [-0.25, -0.2) is 0 Å². The predicted molar refractivity (Wildman–Crippen MR) is 123 cm³/mol. The summed E-state index contributed by atoms with van der Waals surface area (Å²) in [6.45, 7) is 4.17. The van der Waals surface area contributed by atoms with Crippen molar-refractivity contribution in [3.05, 3.63) is 35.4 Å². The average Bonchev–Trinajstić information content (AvgIpc) is 2.66. The minimum Gasteiger partial charge on any atom is -0.469 e. The maximum absolute atomic E-state index is 12.0. The van der Waals surface area contributed by atoms with Gasteiger partial charge in [-0.05, 0) is 43.9 Å². The molecule has 0 radical (unpaired) electrons. The van der Waals surface area contributed by atoms with Gasteiger partial charge in [0.1, 0.15) is 0 Å². The van der Waals surface area contributed by atoms with Crippen LogP contribution in [0, 0.1) is 0 Å². The van der Waals surface area contributed by atoms with Gasteiger partial charge in [-0.3, -0.25) is 14.6 Å². The number of unbranched alkanes of at least 4 members (excludes halogenated alkanes) is 1. The van der Waals surface area contributed by atoms with Crippen molar-refractivity contribution in [2.75, 3.05) is 40.8 Å². The van der Waals surface area contributed by atoms with Crippen LogP contribution in [0.3, 0.4) is 0 Å². The first-order valence-electron chi connectivity index (χ1n) is 9.37. The van der Waals surface area contributed by atoms with E-state index in [9.17, 15) is 9.59 Å². The zero-order valence-electron chi connectivity index (χ0n) is 17.3. The number of nitrogens with one attached hydrogen (secondary N) is 2. The first kappa shape index (κ1) is 26.2. The number of carbonyl (C=O) groups is 2. The van der Waals surface area contributed by atoms with E-state index in [1.54, 1.807) is 19.0 Å². The van der Waals surface area contributed by atoms with E-state index >= 15 is 0 Å². The highest BCUT2D eigenvalue weighted by Gasteiger charge is 2.08. The number of ether oxygens (including phenoxy) is 1. The summed E-state index contributed by atoms with van der Waals surface area (Å²) in [6, 6.07) is 7.69. The molecule has 0 bridgehead atoms. The molecular formula is C20H33IN4O3. The van der Waals surface area contributed by atoms with E-state index in [0.29, 0.717) is 25.1 Å². The van der Waals surface area contributed by atoms with Crippen molar-refractivity contribution in [3.63, 3.8) is 0 Å².